The Morgan fingerprint density at radius 3 is 2.69 bits per heavy atom. The molecule has 1 heterocycles. The van der Waals surface area contributed by atoms with Crippen molar-refractivity contribution in [3.8, 4) is 6.07 Å². The van der Waals surface area contributed by atoms with Gasteiger partial charge in [0.15, 0.2) is 0 Å². The predicted octanol–water partition coefficient (Wildman–Crippen LogP) is 1.66. The first-order valence-electron chi connectivity index (χ1n) is 4.05. The zero-order valence-corrected chi connectivity index (χ0v) is 7.75. The molecule has 7 heteroatoms. The van der Waals surface area contributed by atoms with E-state index in [9.17, 15) is 18.0 Å². The lowest BCUT2D eigenvalue weighted by Gasteiger charge is -2.05. The molecule has 1 aromatic rings. The van der Waals surface area contributed by atoms with E-state index in [4.69, 9.17) is 10.4 Å². The van der Waals surface area contributed by atoms with Gasteiger partial charge >= 0.3 is 5.97 Å². The van der Waals surface area contributed by atoms with Crippen molar-refractivity contribution in [3.63, 3.8) is 0 Å². The summed E-state index contributed by atoms with van der Waals surface area (Å²) in [6, 6.07) is 2.22. The van der Waals surface area contributed by atoms with Crippen molar-refractivity contribution in [2.45, 2.75) is 12.8 Å². The number of pyridine rings is 1. The normalized spacial score (nSPS) is 10.2. The molecule has 0 atom stereocenters. The van der Waals surface area contributed by atoms with Gasteiger partial charge in [-0.15, -0.1) is 0 Å². The van der Waals surface area contributed by atoms with E-state index >= 15 is 0 Å². The number of nitriles is 1. The average Bonchev–Trinajstić information content (AvgIpc) is 2.14. The van der Waals surface area contributed by atoms with Crippen LogP contribution >= 0.6 is 0 Å². The Balaban J connectivity index is 3.28. The highest BCUT2D eigenvalue weighted by Crippen LogP contribution is 2.25. The minimum absolute atomic E-state index is 0.272. The molecule has 0 aliphatic carbocycles. The lowest BCUT2D eigenvalue weighted by molar-refractivity contribution is -0.136. The largest absolute Gasteiger partial charge is 0.481 e. The second-order valence-corrected chi connectivity index (χ2v) is 2.85. The van der Waals surface area contributed by atoms with E-state index in [2.05, 4.69) is 4.98 Å². The Morgan fingerprint density at radius 2 is 2.25 bits per heavy atom. The molecule has 0 aliphatic heterocycles. The number of carboxylic acids is 1. The van der Waals surface area contributed by atoms with E-state index in [0.29, 0.717) is 0 Å². The van der Waals surface area contributed by atoms with Crippen LogP contribution in [0.25, 0.3) is 0 Å². The van der Waals surface area contributed by atoms with Gasteiger partial charge in [-0.2, -0.15) is 9.65 Å². The zero-order chi connectivity index (χ0) is 12.3. The summed E-state index contributed by atoms with van der Waals surface area (Å²) in [5.41, 5.74) is -1.97. The van der Waals surface area contributed by atoms with Gasteiger partial charge in [-0.25, -0.2) is 13.8 Å². The number of alkyl halides is 2. The van der Waals surface area contributed by atoms with Crippen molar-refractivity contribution in [3.05, 3.63) is 28.8 Å². The molecule has 16 heavy (non-hydrogen) atoms. The van der Waals surface area contributed by atoms with Crippen LogP contribution in [0.1, 0.15) is 23.2 Å². The summed E-state index contributed by atoms with van der Waals surface area (Å²) in [5.74, 6) is -2.80. The van der Waals surface area contributed by atoms with Gasteiger partial charge in [-0.1, -0.05) is 0 Å². The molecule has 0 amide bonds. The van der Waals surface area contributed by atoms with Gasteiger partial charge in [-0.3, -0.25) is 4.79 Å². The van der Waals surface area contributed by atoms with Crippen molar-refractivity contribution in [1.82, 2.24) is 4.98 Å². The molecule has 0 saturated carbocycles. The molecule has 0 radical (unpaired) electrons. The molecule has 0 fully saturated rings. The van der Waals surface area contributed by atoms with E-state index in [1.807, 2.05) is 0 Å². The number of aromatic nitrogens is 1. The third-order valence-electron chi connectivity index (χ3n) is 1.74. The number of hydrogen-bond acceptors (Lipinski definition) is 3. The highest BCUT2D eigenvalue weighted by atomic mass is 19.3. The van der Waals surface area contributed by atoms with Crippen molar-refractivity contribution in [2.24, 2.45) is 0 Å². The van der Waals surface area contributed by atoms with E-state index in [1.165, 1.54) is 6.07 Å². The van der Waals surface area contributed by atoms with Crippen LogP contribution in [0.4, 0.5) is 13.2 Å². The standard InChI is InChI=1S/C9H5F3N2O2/c10-8(11)7-4(3-13)1-5(2-6(15)16)14-9(7)12/h1,8H,2H2,(H,15,16). The molecule has 0 unspecified atom stereocenters. The number of hydrogen-bond donors (Lipinski definition) is 1. The van der Waals surface area contributed by atoms with Gasteiger partial charge in [0, 0.05) is 0 Å². The summed E-state index contributed by atoms with van der Waals surface area (Å²) in [5, 5.41) is 16.9. The van der Waals surface area contributed by atoms with E-state index in [0.717, 1.165) is 6.07 Å². The summed E-state index contributed by atoms with van der Waals surface area (Å²) < 4.78 is 37.7. The number of carboxylic acid groups (broad SMARTS) is 1. The molecular formula is C9H5F3N2O2. The number of rotatable bonds is 3. The van der Waals surface area contributed by atoms with Crippen LogP contribution in [-0.4, -0.2) is 16.1 Å². The summed E-state index contributed by atoms with van der Waals surface area (Å²) in [6.07, 6.45) is -3.80. The number of halogens is 3. The van der Waals surface area contributed by atoms with Gasteiger partial charge < -0.3 is 5.11 Å². The van der Waals surface area contributed by atoms with E-state index in [-0.39, 0.29) is 5.69 Å². The van der Waals surface area contributed by atoms with Crippen LogP contribution in [0.15, 0.2) is 6.07 Å². The van der Waals surface area contributed by atoms with Crippen LogP contribution in [-0.2, 0) is 11.2 Å². The summed E-state index contributed by atoms with van der Waals surface area (Å²) >= 11 is 0. The van der Waals surface area contributed by atoms with Crippen molar-refractivity contribution in [1.29, 1.82) is 5.26 Å². The fraction of sp³-hybridized carbons (Fsp3) is 0.222. The van der Waals surface area contributed by atoms with Crippen LogP contribution in [0.3, 0.4) is 0 Å². The molecule has 1 rings (SSSR count). The van der Waals surface area contributed by atoms with Crippen molar-refractivity contribution in [2.75, 3.05) is 0 Å². The molecule has 0 spiro atoms. The number of nitrogens with zero attached hydrogens (tertiary/aromatic N) is 2. The Bertz CT molecular complexity index is 469. The quantitative estimate of drug-likeness (QED) is 0.801. The third kappa shape index (κ3) is 2.48. The van der Waals surface area contributed by atoms with Gasteiger partial charge in [0.2, 0.25) is 5.95 Å². The first kappa shape index (κ1) is 12.0. The maximum atomic E-state index is 13.1. The number of carbonyl (C=O) groups is 1. The van der Waals surface area contributed by atoms with Crippen LogP contribution in [0.5, 0.6) is 0 Å². The Hall–Kier alpha value is -2.10. The molecule has 0 aromatic carbocycles. The molecule has 0 aliphatic rings. The third-order valence-corrected chi connectivity index (χ3v) is 1.74. The summed E-state index contributed by atoms with van der Waals surface area (Å²) in [6.45, 7) is 0. The zero-order valence-electron chi connectivity index (χ0n) is 7.75. The highest BCUT2D eigenvalue weighted by molar-refractivity contribution is 5.69. The van der Waals surface area contributed by atoms with Crippen molar-refractivity contribution >= 4 is 5.97 Å². The molecule has 1 N–H and O–H groups in total. The smallest absolute Gasteiger partial charge is 0.309 e. The fourth-order valence-corrected chi connectivity index (χ4v) is 1.12. The predicted molar refractivity (Wildman–Crippen MR) is 45.2 cm³/mol. The fourth-order valence-electron chi connectivity index (χ4n) is 1.12. The summed E-state index contributed by atoms with van der Waals surface area (Å²) in [4.78, 5) is 13.4. The topological polar surface area (TPSA) is 74.0 Å². The lowest BCUT2D eigenvalue weighted by Crippen LogP contribution is -2.07. The first-order valence-corrected chi connectivity index (χ1v) is 4.05. The Morgan fingerprint density at radius 1 is 1.62 bits per heavy atom. The van der Waals surface area contributed by atoms with E-state index in [1.54, 1.807) is 0 Å². The van der Waals surface area contributed by atoms with Crippen LogP contribution in [0, 0.1) is 17.3 Å². The molecular weight excluding hydrogens is 225 g/mol. The SMILES string of the molecule is N#Cc1cc(CC(=O)O)nc(F)c1C(F)F. The maximum Gasteiger partial charge on any atom is 0.309 e. The first-order chi connectivity index (χ1) is 7.45. The second kappa shape index (κ2) is 4.61. The molecule has 84 valence electrons. The lowest BCUT2D eigenvalue weighted by atomic mass is 10.1. The van der Waals surface area contributed by atoms with Crippen LogP contribution in [0.2, 0.25) is 0 Å². The molecule has 1 aromatic heterocycles. The number of aliphatic carboxylic acids is 1. The van der Waals surface area contributed by atoms with Crippen molar-refractivity contribution < 1.29 is 23.1 Å². The minimum Gasteiger partial charge on any atom is -0.481 e. The molecule has 0 saturated heterocycles. The molecule has 4 nitrogen and oxygen atoms in total. The highest BCUT2D eigenvalue weighted by Gasteiger charge is 2.21. The Kier molecular flexibility index (Phi) is 3.45. The Labute approximate surface area is 88.0 Å². The minimum atomic E-state index is -3.17. The second-order valence-electron chi connectivity index (χ2n) is 2.85. The van der Waals surface area contributed by atoms with Crippen LogP contribution < -0.4 is 0 Å². The molecule has 0 bridgehead atoms. The maximum absolute atomic E-state index is 13.1. The average molecular weight is 230 g/mol. The monoisotopic (exact) mass is 230 g/mol. The summed E-state index contributed by atoms with van der Waals surface area (Å²) in [7, 11) is 0. The van der Waals surface area contributed by atoms with Gasteiger partial charge in [-0.05, 0) is 6.07 Å². The van der Waals surface area contributed by atoms with Gasteiger partial charge in [0.1, 0.15) is 0 Å². The van der Waals surface area contributed by atoms with Gasteiger partial charge in [0.05, 0.1) is 29.3 Å². The van der Waals surface area contributed by atoms with Gasteiger partial charge in [0.25, 0.3) is 6.43 Å². The van der Waals surface area contributed by atoms with E-state index < -0.39 is 35.9 Å².